The Labute approximate surface area is 92.4 Å². The van der Waals surface area contributed by atoms with Crippen LogP contribution in [0.25, 0.3) is 0 Å². The van der Waals surface area contributed by atoms with Crippen LogP contribution in [0.4, 0.5) is 0 Å². The third kappa shape index (κ3) is 3.14. The first-order valence-electron chi connectivity index (χ1n) is 5.17. The SMILES string of the molecule is CC(C)C(=O)N1CCCCC1CN.Cl. The number of carbonyl (C=O) groups excluding carboxylic acids is 1. The predicted molar refractivity (Wildman–Crippen MR) is 60.5 cm³/mol. The predicted octanol–water partition coefficient (Wildman–Crippen LogP) is 1.40. The zero-order valence-corrected chi connectivity index (χ0v) is 9.85. The number of halogens is 1. The highest BCUT2D eigenvalue weighted by Crippen LogP contribution is 2.18. The number of piperidine rings is 1. The molecule has 0 aliphatic carbocycles. The highest BCUT2D eigenvalue weighted by molar-refractivity contribution is 5.85. The van der Waals surface area contributed by atoms with Crippen molar-refractivity contribution in [1.29, 1.82) is 0 Å². The minimum absolute atomic E-state index is 0. The van der Waals surface area contributed by atoms with E-state index in [0.717, 1.165) is 19.4 Å². The molecular formula is C10H21ClN2O. The summed E-state index contributed by atoms with van der Waals surface area (Å²) in [5, 5.41) is 0. The Morgan fingerprint density at radius 3 is 2.64 bits per heavy atom. The van der Waals surface area contributed by atoms with Crippen LogP contribution in [0.15, 0.2) is 0 Å². The molecule has 0 spiro atoms. The van der Waals surface area contributed by atoms with Gasteiger partial charge in [0.15, 0.2) is 0 Å². The van der Waals surface area contributed by atoms with Crippen LogP contribution in [-0.4, -0.2) is 29.9 Å². The molecule has 0 aromatic rings. The van der Waals surface area contributed by atoms with E-state index in [1.54, 1.807) is 0 Å². The number of rotatable bonds is 2. The van der Waals surface area contributed by atoms with E-state index in [1.165, 1.54) is 6.42 Å². The zero-order valence-electron chi connectivity index (χ0n) is 9.03. The molecule has 14 heavy (non-hydrogen) atoms. The molecule has 84 valence electrons. The van der Waals surface area contributed by atoms with Crippen molar-refractivity contribution in [1.82, 2.24) is 4.90 Å². The molecule has 0 radical (unpaired) electrons. The van der Waals surface area contributed by atoms with E-state index >= 15 is 0 Å². The summed E-state index contributed by atoms with van der Waals surface area (Å²) >= 11 is 0. The molecule has 1 aliphatic rings. The minimum atomic E-state index is 0. The van der Waals surface area contributed by atoms with Gasteiger partial charge in [-0.3, -0.25) is 4.79 Å². The summed E-state index contributed by atoms with van der Waals surface area (Å²) in [6, 6.07) is 0.295. The summed E-state index contributed by atoms with van der Waals surface area (Å²) in [5.41, 5.74) is 5.64. The molecule has 1 amide bonds. The van der Waals surface area contributed by atoms with Crippen LogP contribution in [-0.2, 0) is 4.79 Å². The van der Waals surface area contributed by atoms with Gasteiger partial charge in [-0.25, -0.2) is 0 Å². The lowest BCUT2D eigenvalue weighted by atomic mass is 10.0. The fourth-order valence-corrected chi connectivity index (χ4v) is 1.87. The molecule has 0 aromatic heterocycles. The second-order valence-electron chi connectivity index (χ2n) is 4.07. The Balaban J connectivity index is 0.00000169. The largest absolute Gasteiger partial charge is 0.338 e. The standard InChI is InChI=1S/C10H20N2O.ClH/c1-8(2)10(13)12-6-4-3-5-9(12)7-11;/h8-9H,3-7,11H2,1-2H3;1H. The Morgan fingerprint density at radius 1 is 1.50 bits per heavy atom. The molecule has 1 aliphatic heterocycles. The normalized spacial score (nSPS) is 22.0. The maximum atomic E-state index is 11.7. The lowest BCUT2D eigenvalue weighted by Crippen LogP contribution is -2.48. The summed E-state index contributed by atoms with van der Waals surface area (Å²) in [7, 11) is 0. The van der Waals surface area contributed by atoms with E-state index in [-0.39, 0.29) is 24.2 Å². The maximum absolute atomic E-state index is 11.7. The lowest BCUT2D eigenvalue weighted by Gasteiger charge is -2.36. The van der Waals surface area contributed by atoms with Gasteiger partial charge in [-0.2, -0.15) is 0 Å². The number of carbonyl (C=O) groups is 1. The molecule has 1 fully saturated rings. The van der Waals surface area contributed by atoms with E-state index < -0.39 is 0 Å². The Hall–Kier alpha value is -0.280. The second kappa shape index (κ2) is 6.25. The molecule has 1 saturated heterocycles. The minimum Gasteiger partial charge on any atom is -0.338 e. The van der Waals surface area contributed by atoms with Crippen molar-refractivity contribution in [2.24, 2.45) is 11.7 Å². The molecule has 4 heteroatoms. The van der Waals surface area contributed by atoms with Crippen LogP contribution < -0.4 is 5.73 Å². The summed E-state index contributed by atoms with van der Waals surface area (Å²) in [6.07, 6.45) is 3.42. The van der Waals surface area contributed by atoms with Crippen LogP contribution in [0.5, 0.6) is 0 Å². The molecule has 0 saturated carbocycles. The number of hydrogen-bond acceptors (Lipinski definition) is 2. The zero-order chi connectivity index (χ0) is 9.84. The van der Waals surface area contributed by atoms with Gasteiger partial charge in [0.05, 0.1) is 0 Å². The Bertz CT molecular complexity index is 185. The number of amides is 1. The molecule has 1 heterocycles. The molecular weight excluding hydrogens is 200 g/mol. The first kappa shape index (κ1) is 13.7. The smallest absolute Gasteiger partial charge is 0.225 e. The number of hydrogen-bond donors (Lipinski definition) is 1. The van der Waals surface area contributed by atoms with E-state index in [0.29, 0.717) is 12.6 Å². The summed E-state index contributed by atoms with van der Waals surface area (Å²) < 4.78 is 0. The van der Waals surface area contributed by atoms with E-state index in [2.05, 4.69) is 0 Å². The third-order valence-electron chi connectivity index (χ3n) is 2.68. The molecule has 3 nitrogen and oxygen atoms in total. The van der Waals surface area contributed by atoms with Crippen LogP contribution in [0.1, 0.15) is 33.1 Å². The molecule has 0 bridgehead atoms. The van der Waals surface area contributed by atoms with E-state index in [9.17, 15) is 4.79 Å². The van der Waals surface area contributed by atoms with Crippen molar-refractivity contribution in [3.8, 4) is 0 Å². The quantitative estimate of drug-likeness (QED) is 0.765. The van der Waals surface area contributed by atoms with Gasteiger partial charge in [-0.15, -0.1) is 12.4 Å². The van der Waals surface area contributed by atoms with Gasteiger partial charge in [0.1, 0.15) is 0 Å². The first-order chi connectivity index (χ1) is 6.16. The van der Waals surface area contributed by atoms with Gasteiger partial charge in [0.2, 0.25) is 5.91 Å². The van der Waals surface area contributed by atoms with Crippen molar-refractivity contribution in [2.75, 3.05) is 13.1 Å². The summed E-state index contributed by atoms with van der Waals surface area (Å²) in [5.74, 6) is 0.363. The number of likely N-dealkylation sites (tertiary alicyclic amines) is 1. The van der Waals surface area contributed by atoms with Gasteiger partial charge < -0.3 is 10.6 Å². The maximum Gasteiger partial charge on any atom is 0.225 e. The monoisotopic (exact) mass is 220 g/mol. The van der Waals surface area contributed by atoms with Crippen LogP contribution in [0.2, 0.25) is 0 Å². The fourth-order valence-electron chi connectivity index (χ4n) is 1.87. The highest BCUT2D eigenvalue weighted by atomic mass is 35.5. The van der Waals surface area contributed by atoms with Crippen molar-refractivity contribution < 1.29 is 4.79 Å². The molecule has 1 atom stereocenters. The van der Waals surface area contributed by atoms with Gasteiger partial charge in [0, 0.05) is 25.0 Å². The number of nitrogens with two attached hydrogens (primary N) is 1. The van der Waals surface area contributed by atoms with Crippen molar-refractivity contribution in [3.05, 3.63) is 0 Å². The summed E-state index contributed by atoms with van der Waals surface area (Å²) in [4.78, 5) is 13.7. The van der Waals surface area contributed by atoms with Crippen LogP contribution in [0, 0.1) is 5.92 Å². The highest BCUT2D eigenvalue weighted by Gasteiger charge is 2.26. The Morgan fingerprint density at radius 2 is 2.14 bits per heavy atom. The molecule has 1 rings (SSSR count). The first-order valence-corrected chi connectivity index (χ1v) is 5.17. The van der Waals surface area contributed by atoms with Gasteiger partial charge in [-0.05, 0) is 19.3 Å². The second-order valence-corrected chi connectivity index (χ2v) is 4.07. The average Bonchev–Trinajstić information content (AvgIpc) is 2.16. The lowest BCUT2D eigenvalue weighted by molar-refractivity contribution is -0.137. The fraction of sp³-hybridized carbons (Fsp3) is 0.900. The van der Waals surface area contributed by atoms with Crippen molar-refractivity contribution >= 4 is 18.3 Å². The van der Waals surface area contributed by atoms with Crippen molar-refractivity contribution in [2.45, 2.75) is 39.2 Å². The molecule has 1 unspecified atom stereocenters. The van der Waals surface area contributed by atoms with Crippen LogP contribution >= 0.6 is 12.4 Å². The summed E-state index contributed by atoms with van der Waals surface area (Å²) in [6.45, 7) is 5.41. The van der Waals surface area contributed by atoms with E-state index in [1.807, 2.05) is 18.7 Å². The van der Waals surface area contributed by atoms with Crippen molar-refractivity contribution in [3.63, 3.8) is 0 Å². The number of nitrogens with zero attached hydrogens (tertiary/aromatic N) is 1. The van der Waals surface area contributed by atoms with Gasteiger partial charge >= 0.3 is 0 Å². The van der Waals surface area contributed by atoms with E-state index in [4.69, 9.17) is 5.73 Å². The van der Waals surface area contributed by atoms with Gasteiger partial charge in [0.25, 0.3) is 0 Å². The average molecular weight is 221 g/mol. The molecule has 0 aromatic carbocycles. The topological polar surface area (TPSA) is 46.3 Å². The Kier molecular flexibility index (Phi) is 6.12. The molecule has 2 N–H and O–H groups in total. The van der Waals surface area contributed by atoms with Gasteiger partial charge in [-0.1, -0.05) is 13.8 Å². The third-order valence-corrected chi connectivity index (χ3v) is 2.68. The van der Waals surface area contributed by atoms with Crippen LogP contribution in [0.3, 0.4) is 0 Å².